The van der Waals surface area contributed by atoms with Gasteiger partial charge in [-0.25, -0.2) is 4.72 Å². The summed E-state index contributed by atoms with van der Waals surface area (Å²) in [6.45, 7) is 2.40. The Hall–Kier alpha value is -0.560. The molecule has 1 fully saturated rings. The van der Waals surface area contributed by atoms with Crippen LogP contribution in [-0.2, 0) is 13.6 Å². The number of nitrogens with one attached hydrogen (secondary N) is 1. The van der Waals surface area contributed by atoms with E-state index >= 15 is 0 Å². The third-order valence-corrected chi connectivity index (χ3v) is 5.33. The first-order valence-electron chi connectivity index (χ1n) is 6.00. The quantitative estimate of drug-likeness (QED) is 0.776. The Kier molecular flexibility index (Phi) is 3.77. The highest BCUT2D eigenvalue weighted by Crippen LogP contribution is 2.47. The van der Waals surface area contributed by atoms with Crippen molar-refractivity contribution >= 4 is 10.8 Å². The number of hydrogen-bond acceptors (Lipinski definition) is 4. The largest absolute Gasteiger partial charge is 0.285 e. The van der Waals surface area contributed by atoms with Gasteiger partial charge < -0.3 is 0 Å². The molecule has 1 saturated carbocycles. The van der Waals surface area contributed by atoms with Gasteiger partial charge in [-0.15, -0.1) is 10.8 Å². The molecule has 0 spiro atoms. The Bertz CT molecular complexity index is 386. The lowest BCUT2D eigenvalue weighted by Gasteiger charge is -2.38. The Morgan fingerprint density at radius 1 is 1.47 bits per heavy atom. The van der Waals surface area contributed by atoms with Crippen LogP contribution in [0.4, 0.5) is 0 Å². The Labute approximate surface area is 104 Å². The minimum atomic E-state index is -2.65. The molecule has 0 amide bonds. The summed E-state index contributed by atoms with van der Waals surface area (Å²) in [5.74, 6) is 0. The number of aryl methyl sites for hydroxylation is 2. The monoisotopic (exact) mass is 259 g/mol. The summed E-state index contributed by atoms with van der Waals surface area (Å²) in [5, 5.41) is 4.26. The zero-order chi connectivity index (χ0) is 12.5. The lowest BCUT2D eigenvalue weighted by Crippen LogP contribution is -2.28. The fourth-order valence-corrected chi connectivity index (χ4v) is 3.94. The van der Waals surface area contributed by atoms with Gasteiger partial charge in [0.1, 0.15) is 0 Å². The minimum Gasteiger partial charge on any atom is -0.285 e. The highest BCUT2D eigenvalue weighted by atomic mass is 32.3. The molecule has 3 N–H and O–H groups in total. The minimum absolute atomic E-state index is 0.0273. The number of nitrogens with zero attached hydrogens (tertiary/aromatic N) is 2. The van der Waals surface area contributed by atoms with Crippen LogP contribution in [0.15, 0.2) is 6.20 Å². The van der Waals surface area contributed by atoms with Gasteiger partial charge in [0.2, 0.25) is 0 Å². The summed E-state index contributed by atoms with van der Waals surface area (Å²) in [4.78, 5) is 0. The molecule has 0 unspecified atom stereocenters. The van der Waals surface area contributed by atoms with Crippen molar-refractivity contribution in [3.63, 3.8) is 0 Å². The summed E-state index contributed by atoms with van der Waals surface area (Å²) < 4.78 is 24.8. The van der Waals surface area contributed by atoms with Crippen LogP contribution in [-0.4, -0.2) is 24.1 Å². The van der Waals surface area contributed by atoms with Crippen LogP contribution in [0.1, 0.15) is 36.9 Å². The maximum absolute atomic E-state index is 10.1. The second-order valence-corrected chi connectivity index (χ2v) is 6.88. The standard InChI is InChI=1S/C11H21N3O2S/c1-9-10(8-14(2)13-9)7-12-17(15,16)11-5-3-4-6-11/h8,11-12,15-16H,3-7H2,1-2H3. The highest BCUT2D eigenvalue weighted by molar-refractivity contribution is 8.23. The molecule has 98 valence electrons. The van der Waals surface area contributed by atoms with Gasteiger partial charge in [-0.05, 0) is 19.8 Å². The summed E-state index contributed by atoms with van der Waals surface area (Å²) >= 11 is 0. The number of rotatable bonds is 4. The average molecular weight is 259 g/mol. The second kappa shape index (κ2) is 4.97. The first-order valence-corrected chi connectivity index (χ1v) is 7.61. The Morgan fingerprint density at radius 3 is 2.65 bits per heavy atom. The molecule has 2 rings (SSSR count). The van der Waals surface area contributed by atoms with E-state index in [-0.39, 0.29) is 5.25 Å². The molecule has 0 saturated heterocycles. The van der Waals surface area contributed by atoms with E-state index in [0.29, 0.717) is 6.54 Å². The van der Waals surface area contributed by atoms with Crippen molar-refractivity contribution in [2.75, 3.05) is 0 Å². The van der Waals surface area contributed by atoms with Crippen LogP contribution in [0.25, 0.3) is 0 Å². The molecule has 1 heterocycles. The van der Waals surface area contributed by atoms with Crippen molar-refractivity contribution in [3.05, 3.63) is 17.5 Å². The summed E-state index contributed by atoms with van der Waals surface area (Å²) in [5.41, 5.74) is 1.95. The van der Waals surface area contributed by atoms with Crippen molar-refractivity contribution in [2.24, 2.45) is 7.05 Å². The molecule has 1 aromatic rings. The molecule has 1 aromatic heterocycles. The van der Waals surface area contributed by atoms with Crippen molar-refractivity contribution in [1.82, 2.24) is 14.5 Å². The molecule has 6 heteroatoms. The maximum Gasteiger partial charge on any atom is 0.0639 e. The van der Waals surface area contributed by atoms with Gasteiger partial charge in [0.05, 0.1) is 10.9 Å². The lowest BCUT2D eigenvalue weighted by molar-refractivity contribution is 0.451. The van der Waals surface area contributed by atoms with Gasteiger partial charge in [-0.3, -0.25) is 13.8 Å². The van der Waals surface area contributed by atoms with Crippen LogP contribution in [0.3, 0.4) is 0 Å². The smallest absolute Gasteiger partial charge is 0.0639 e. The topological polar surface area (TPSA) is 70.3 Å². The van der Waals surface area contributed by atoms with Crippen molar-refractivity contribution in [3.8, 4) is 0 Å². The first kappa shape index (κ1) is 12.9. The molecule has 0 radical (unpaired) electrons. The van der Waals surface area contributed by atoms with Crippen LogP contribution < -0.4 is 4.72 Å². The molecule has 1 aliphatic carbocycles. The summed E-state index contributed by atoms with van der Waals surface area (Å²) in [6.07, 6.45) is 5.96. The fourth-order valence-electron chi connectivity index (χ4n) is 2.34. The van der Waals surface area contributed by atoms with Gasteiger partial charge in [0, 0.05) is 25.4 Å². The van der Waals surface area contributed by atoms with Crippen LogP contribution in [0.2, 0.25) is 0 Å². The molecular formula is C11H21N3O2S. The van der Waals surface area contributed by atoms with Gasteiger partial charge in [0.25, 0.3) is 0 Å². The average Bonchev–Trinajstić information content (AvgIpc) is 2.85. The lowest BCUT2D eigenvalue weighted by atomic mass is 10.3. The normalized spacial score (nSPS) is 18.8. The van der Waals surface area contributed by atoms with E-state index in [2.05, 4.69) is 9.82 Å². The molecule has 1 aliphatic rings. The van der Waals surface area contributed by atoms with Crippen LogP contribution in [0, 0.1) is 6.92 Å². The zero-order valence-electron chi connectivity index (χ0n) is 10.4. The predicted octanol–water partition coefficient (Wildman–Crippen LogP) is 2.43. The third kappa shape index (κ3) is 3.01. The van der Waals surface area contributed by atoms with Gasteiger partial charge in [-0.2, -0.15) is 5.10 Å². The van der Waals surface area contributed by atoms with E-state index in [1.807, 2.05) is 20.2 Å². The van der Waals surface area contributed by atoms with Crippen LogP contribution in [0.5, 0.6) is 0 Å². The Morgan fingerprint density at radius 2 is 2.12 bits per heavy atom. The first-order chi connectivity index (χ1) is 7.99. The molecular weight excluding hydrogens is 238 g/mol. The Balaban J connectivity index is 1.94. The van der Waals surface area contributed by atoms with E-state index in [1.54, 1.807) is 4.68 Å². The highest BCUT2D eigenvalue weighted by Gasteiger charge is 2.28. The zero-order valence-corrected chi connectivity index (χ0v) is 11.2. The van der Waals surface area contributed by atoms with Gasteiger partial charge in [-0.1, -0.05) is 12.8 Å². The number of aromatic nitrogens is 2. The van der Waals surface area contributed by atoms with E-state index < -0.39 is 10.8 Å². The van der Waals surface area contributed by atoms with Crippen LogP contribution >= 0.6 is 10.8 Å². The molecule has 0 bridgehead atoms. The summed E-state index contributed by atoms with van der Waals surface area (Å²) in [6, 6.07) is 0. The molecule has 0 aliphatic heterocycles. The van der Waals surface area contributed by atoms with Crippen molar-refractivity contribution in [1.29, 1.82) is 0 Å². The van der Waals surface area contributed by atoms with Gasteiger partial charge in [0.15, 0.2) is 0 Å². The third-order valence-electron chi connectivity index (χ3n) is 3.36. The maximum atomic E-state index is 10.1. The SMILES string of the molecule is Cc1nn(C)cc1CNS(O)(O)C1CCCC1. The predicted molar refractivity (Wildman–Crippen MR) is 69.9 cm³/mol. The molecule has 0 aromatic carbocycles. The van der Waals surface area contributed by atoms with E-state index in [0.717, 1.165) is 36.9 Å². The second-order valence-electron chi connectivity index (χ2n) is 4.73. The molecule has 0 atom stereocenters. The molecule has 17 heavy (non-hydrogen) atoms. The van der Waals surface area contributed by atoms with Crippen molar-refractivity contribution in [2.45, 2.75) is 44.4 Å². The van der Waals surface area contributed by atoms with E-state index in [4.69, 9.17) is 0 Å². The number of hydrogen-bond donors (Lipinski definition) is 3. The van der Waals surface area contributed by atoms with E-state index in [1.165, 1.54) is 0 Å². The molecule has 5 nitrogen and oxygen atoms in total. The van der Waals surface area contributed by atoms with E-state index in [9.17, 15) is 9.11 Å². The van der Waals surface area contributed by atoms with Crippen molar-refractivity contribution < 1.29 is 9.11 Å². The van der Waals surface area contributed by atoms with Gasteiger partial charge >= 0.3 is 0 Å². The summed E-state index contributed by atoms with van der Waals surface area (Å²) in [7, 11) is -0.786. The fraction of sp³-hybridized carbons (Fsp3) is 0.727.